The minimum Gasteiger partial charge on any atom is -0.486 e. The molecule has 0 aromatic heterocycles. The predicted octanol–water partition coefficient (Wildman–Crippen LogP) is 4.47. The molecule has 1 nitrogen and oxygen atoms in total. The van der Waals surface area contributed by atoms with E-state index in [0.29, 0.717) is 0 Å². The van der Waals surface area contributed by atoms with Gasteiger partial charge in [0.1, 0.15) is 11.9 Å². The second kappa shape index (κ2) is 5.35. The fraction of sp³-hybridized carbons (Fsp3) is 0.125. The molecule has 0 aliphatic rings. The number of para-hydroxylation sites is 1. The van der Waals surface area contributed by atoms with E-state index in [2.05, 4.69) is 19.6 Å². The molecule has 0 aliphatic carbocycles. The van der Waals surface area contributed by atoms with Crippen molar-refractivity contribution in [2.24, 2.45) is 0 Å². The quantitative estimate of drug-likeness (QED) is 0.744. The SMILES string of the molecule is C=Cc1ccccc1C(C)Oc1ccccc1. The highest BCUT2D eigenvalue weighted by Crippen LogP contribution is 2.24. The van der Waals surface area contributed by atoms with Gasteiger partial charge in [-0.2, -0.15) is 0 Å². The van der Waals surface area contributed by atoms with E-state index in [1.807, 2.05) is 54.6 Å². The third-order valence-electron chi connectivity index (χ3n) is 2.71. The highest BCUT2D eigenvalue weighted by Gasteiger charge is 2.09. The minimum atomic E-state index is 0.0200. The molecule has 2 aromatic carbocycles. The molecular formula is C16H16O. The summed E-state index contributed by atoms with van der Waals surface area (Å²) in [5.41, 5.74) is 2.28. The Hall–Kier alpha value is -2.02. The minimum absolute atomic E-state index is 0.0200. The molecule has 0 amide bonds. The smallest absolute Gasteiger partial charge is 0.121 e. The first kappa shape index (κ1) is 11.5. The van der Waals surface area contributed by atoms with Crippen LogP contribution in [0.4, 0.5) is 0 Å². The first-order valence-electron chi connectivity index (χ1n) is 5.74. The van der Waals surface area contributed by atoms with E-state index >= 15 is 0 Å². The van der Waals surface area contributed by atoms with Crippen molar-refractivity contribution < 1.29 is 4.74 Å². The highest BCUT2D eigenvalue weighted by molar-refractivity contribution is 5.52. The lowest BCUT2D eigenvalue weighted by Crippen LogP contribution is -2.04. The van der Waals surface area contributed by atoms with Crippen LogP contribution in [0.2, 0.25) is 0 Å². The van der Waals surface area contributed by atoms with Crippen molar-refractivity contribution >= 4 is 6.08 Å². The van der Waals surface area contributed by atoms with Gasteiger partial charge in [-0.1, -0.05) is 55.1 Å². The summed E-state index contributed by atoms with van der Waals surface area (Å²) in [5.74, 6) is 0.888. The van der Waals surface area contributed by atoms with Gasteiger partial charge in [0.15, 0.2) is 0 Å². The highest BCUT2D eigenvalue weighted by atomic mass is 16.5. The van der Waals surface area contributed by atoms with Crippen molar-refractivity contribution in [3.63, 3.8) is 0 Å². The Bertz CT molecular complexity index is 488. The van der Waals surface area contributed by atoms with Crippen LogP contribution in [0.5, 0.6) is 5.75 Å². The lowest BCUT2D eigenvalue weighted by molar-refractivity contribution is 0.226. The van der Waals surface area contributed by atoms with E-state index in [9.17, 15) is 0 Å². The number of hydrogen-bond donors (Lipinski definition) is 0. The van der Waals surface area contributed by atoms with Gasteiger partial charge in [0.25, 0.3) is 0 Å². The van der Waals surface area contributed by atoms with E-state index in [1.54, 1.807) is 0 Å². The van der Waals surface area contributed by atoms with Crippen molar-refractivity contribution in [3.05, 3.63) is 72.3 Å². The van der Waals surface area contributed by atoms with Crippen LogP contribution in [0.25, 0.3) is 6.08 Å². The molecule has 86 valence electrons. The van der Waals surface area contributed by atoms with Crippen LogP contribution in [-0.2, 0) is 0 Å². The average molecular weight is 224 g/mol. The van der Waals surface area contributed by atoms with Gasteiger partial charge in [0, 0.05) is 0 Å². The summed E-state index contributed by atoms with van der Waals surface area (Å²) in [6.07, 6.45) is 1.88. The van der Waals surface area contributed by atoms with Gasteiger partial charge in [-0.3, -0.25) is 0 Å². The van der Waals surface area contributed by atoms with Crippen molar-refractivity contribution in [2.45, 2.75) is 13.0 Å². The van der Waals surface area contributed by atoms with Gasteiger partial charge in [-0.25, -0.2) is 0 Å². The Morgan fingerprint density at radius 3 is 2.35 bits per heavy atom. The van der Waals surface area contributed by atoms with Crippen molar-refractivity contribution in [1.82, 2.24) is 0 Å². The molecule has 0 bridgehead atoms. The van der Waals surface area contributed by atoms with Crippen LogP contribution in [0.15, 0.2) is 61.2 Å². The number of rotatable bonds is 4. The lowest BCUT2D eigenvalue weighted by atomic mass is 10.0. The molecule has 0 N–H and O–H groups in total. The van der Waals surface area contributed by atoms with Crippen molar-refractivity contribution in [1.29, 1.82) is 0 Å². The Morgan fingerprint density at radius 2 is 1.65 bits per heavy atom. The first-order chi connectivity index (χ1) is 8.31. The summed E-state index contributed by atoms with van der Waals surface area (Å²) in [6.45, 7) is 5.88. The number of benzene rings is 2. The van der Waals surface area contributed by atoms with Crippen molar-refractivity contribution in [2.75, 3.05) is 0 Å². The molecule has 1 atom stereocenters. The topological polar surface area (TPSA) is 9.23 Å². The molecule has 1 unspecified atom stereocenters. The molecule has 0 saturated carbocycles. The third kappa shape index (κ3) is 2.76. The van der Waals surface area contributed by atoms with Crippen LogP contribution >= 0.6 is 0 Å². The summed E-state index contributed by atoms with van der Waals surface area (Å²) in [6, 6.07) is 18.0. The summed E-state index contributed by atoms with van der Waals surface area (Å²) < 4.78 is 5.90. The molecule has 2 rings (SSSR count). The number of hydrogen-bond acceptors (Lipinski definition) is 1. The summed E-state index contributed by atoms with van der Waals surface area (Å²) in [7, 11) is 0. The monoisotopic (exact) mass is 224 g/mol. The van der Waals surface area contributed by atoms with Gasteiger partial charge in [0.2, 0.25) is 0 Å². The van der Waals surface area contributed by atoms with Crippen LogP contribution < -0.4 is 4.74 Å². The molecule has 1 heteroatoms. The molecule has 17 heavy (non-hydrogen) atoms. The van der Waals surface area contributed by atoms with Gasteiger partial charge in [-0.05, 0) is 30.2 Å². The standard InChI is InChI=1S/C16H16O/c1-3-14-9-7-8-12-16(14)13(2)17-15-10-5-4-6-11-15/h3-13H,1H2,2H3. The fourth-order valence-electron chi connectivity index (χ4n) is 1.83. The second-order valence-corrected chi connectivity index (χ2v) is 3.91. The Balaban J connectivity index is 2.20. The average Bonchev–Trinajstić information content (AvgIpc) is 2.40. The van der Waals surface area contributed by atoms with Crippen LogP contribution in [0.1, 0.15) is 24.2 Å². The largest absolute Gasteiger partial charge is 0.486 e. The van der Waals surface area contributed by atoms with E-state index in [4.69, 9.17) is 4.74 Å². The lowest BCUT2D eigenvalue weighted by Gasteiger charge is -2.17. The van der Waals surface area contributed by atoms with Crippen LogP contribution in [0.3, 0.4) is 0 Å². The number of ether oxygens (including phenoxy) is 1. The summed E-state index contributed by atoms with van der Waals surface area (Å²) >= 11 is 0. The molecule has 0 aliphatic heterocycles. The van der Waals surface area contributed by atoms with E-state index in [1.165, 1.54) is 0 Å². The van der Waals surface area contributed by atoms with E-state index in [0.717, 1.165) is 16.9 Å². The van der Waals surface area contributed by atoms with E-state index < -0.39 is 0 Å². The Labute approximate surface area is 102 Å². The molecule has 0 saturated heterocycles. The van der Waals surface area contributed by atoms with Gasteiger partial charge >= 0.3 is 0 Å². The molecular weight excluding hydrogens is 208 g/mol. The van der Waals surface area contributed by atoms with Crippen LogP contribution in [-0.4, -0.2) is 0 Å². The van der Waals surface area contributed by atoms with Crippen LogP contribution in [0, 0.1) is 0 Å². The molecule has 0 radical (unpaired) electrons. The van der Waals surface area contributed by atoms with Gasteiger partial charge in [0.05, 0.1) is 0 Å². The summed E-state index contributed by atoms with van der Waals surface area (Å²) in [5, 5.41) is 0. The summed E-state index contributed by atoms with van der Waals surface area (Å²) in [4.78, 5) is 0. The van der Waals surface area contributed by atoms with Gasteiger partial charge < -0.3 is 4.74 Å². The molecule has 0 spiro atoms. The Morgan fingerprint density at radius 1 is 1.00 bits per heavy atom. The molecule has 0 fully saturated rings. The zero-order valence-corrected chi connectivity index (χ0v) is 9.97. The zero-order chi connectivity index (χ0) is 12.1. The second-order valence-electron chi connectivity index (χ2n) is 3.91. The zero-order valence-electron chi connectivity index (χ0n) is 9.97. The van der Waals surface area contributed by atoms with Crippen molar-refractivity contribution in [3.8, 4) is 5.75 Å². The fourth-order valence-corrected chi connectivity index (χ4v) is 1.83. The predicted molar refractivity (Wildman–Crippen MR) is 72.0 cm³/mol. The van der Waals surface area contributed by atoms with E-state index in [-0.39, 0.29) is 6.10 Å². The maximum atomic E-state index is 5.90. The molecule has 0 heterocycles. The Kier molecular flexibility index (Phi) is 3.61. The normalized spacial score (nSPS) is 11.8. The third-order valence-corrected chi connectivity index (χ3v) is 2.71. The van der Waals surface area contributed by atoms with Gasteiger partial charge in [-0.15, -0.1) is 0 Å². The maximum Gasteiger partial charge on any atom is 0.121 e. The first-order valence-corrected chi connectivity index (χ1v) is 5.74. The molecule has 2 aromatic rings. The maximum absolute atomic E-state index is 5.90.